The lowest BCUT2D eigenvalue weighted by atomic mass is 10.2. The minimum absolute atomic E-state index is 0.279. The fourth-order valence-electron chi connectivity index (χ4n) is 2.54. The van der Waals surface area contributed by atoms with Crippen LogP contribution in [0.2, 0.25) is 39.3 Å². The van der Waals surface area contributed by atoms with Crippen LogP contribution in [0.3, 0.4) is 0 Å². The van der Waals surface area contributed by atoms with Crippen molar-refractivity contribution in [2.75, 3.05) is 14.2 Å². The van der Waals surface area contributed by atoms with E-state index >= 15 is 0 Å². The van der Waals surface area contributed by atoms with Crippen molar-refractivity contribution in [3.8, 4) is 0 Å². The summed E-state index contributed by atoms with van der Waals surface area (Å²) in [7, 11) is -1.17. The summed E-state index contributed by atoms with van der Waals surface area (Å²) in [5.74, 6) is -2.29. The molecule has 1 aliphatic rings. The van der Waals surface area contributed by atoms with Crippen molar-refractivity contribution in [1.29, 1.82) is 0 Å². The van der Waals surface area contributed by atoms with E-state index in [1.54, 1.807) is 0 Å². The number of carbonyl (C=O) groups excluding carboxylic acids is 2. The molecule has 0 aromatic heterocycles. The van der Waals surface area contributed by atoms with Crippen LogP contribution in [0.15, 0.2) is 10.4 Å². The van der Waals surface area contributed by atoms with Crippen LogP contribution in [-0.2, 0) is 19.1 Å². The van der Waals surface area contributed by atoms with Crippen molar-refractivity contribution in [3.63, 3.8) is 0 Å². The molecule has 108 valence electrons. The molecule has 0 atom stereocenters. The predicted octanol–water partition coefficient (Wildman–Crippen LogP) is 2.18. The third-order valence-corrected chi connectivity index (χ3v) is 7.58. The highest BCUT2D eigenvalue weighted by Gasteiger charge is 2.60. The van der Waals surface area contributed by atoms with Gasteiger partial charge in [0.2, 0.25) is 11.6 Å². The van der Waals surface area contributed by atoms with Gasteiger partial charge in [-0.25, -0.2) is 0 Å². The highest BCUT2D eigenvalue weighted by atomic mass is 28.3. The summed E-state index contributed by atoms with van der Waals surface area (Å²) in [6, 6.07) is 0. The molecule has 0 saturated heterocycles. The Kier molecular flexibility index (Phi) is 4.14. The molecule has 19 heavy (non-hydrogen) atoms. The highest BCUT2D eigenvalue weighted by molar-refractivity contribution is 6.96. The molecule has 0 fully saturated rings. The van der Waals surface area contributed by atoms with Gasteiger partial charge in [-0.15, -0.1) is 0 Å². The summed E-state index contributed by atoms with van der Waals surface area (Å²) >= 11 is 0. The van der Waals surface area contributed by atoms with Crippen LogP contribution >= 0.6 is 0 Å². The van der Waals surface area contributed by atoms with Crippen molar-refractivity contribution in [2.45, 2.75) is 45.1 Å². The fraction of sp³-hybridized carbons (Fsp3) is 0.692. The molecule has 0 saturated carbocycles. The average molecular weight is 301 g/mol. The van der Waals surface area contributed by atoms with Gasteiger partial charge in [0.15, 0.2) is 0 Å². The van der Waals surface area contributed by atoms with Crippen LogP contribution in [0.25, 0.3) is 0 Å². The Morgan fingerprint density at radius 1 is 0.737 bits per heavy atom. The van der Waals surface area contributed by atoms with E-state index in [-0.39, 0.29) is 11.6 Å². The van der Waals surface area contributed by atoms with E-state index in [0.29, 0.717) is 10.4 Å². The maximum Gasteiger partial charge on any atom is 0.297 e. The smallest absolute Gasteiger partial charge is 0.297 e. The van der Waals surface area contributed by atoms with Gasteiger partial charge < -0.3 is 9.47 Å². The molecule has 1 rings (SSSR count). The summed E-state index contributed by atoms with van der Waals surface area (Å²) in [5.41, 5.74) is 0. The van der Waals surface area contributed by atoms with Gasteiger partial charge in [-0.05, 0) is 10.4 Å². The normalized spacial score (nSPS) is 20.4. The molecule has 0 aromatic carbocycles. The van der Waals surface area contributed by atoms with Crippen molar-refractivity contribution >= 4 is 27.7 Å². The quantitative estimate of drug-likeness (QED) is 0.454. The molecule has 0 aromatic rings. The van der Waals surface area contributed by atoms with E-state index in [0.717, 1.165) is 0 Å². The maximum atomic E-state index is 12.7. The lowest BCUT2D eigenvalue weighted by Gasteiger charge is -2.25. The van der Waals surface area contributed by atoms with Crippen LogP contribution < -0.4 is 0 Å². The summed E-state index contributed by atoms with van der Waals surface area (Å²) < 4.78 is 10.4. The van der Waals surface area contributed by atoms with Gasteiger partial charge in [-0.3, -0.25) is 9.59 Å². The third-order valence-electron chi connectivity index (χ3n) is 3.38. The first-order valence-corrected chi connectivity index (χ1v) is 13.4. The Hall–Kier alpha value is -0.566. The molecule has 1 aliphatic carbocycles. The van der Waals surface area contributed by atoms with Gasteiger partial charge in [0.25, 0.3) is 5.79 Å². The molecule has 0 amide bonds. The monoisotopic (exact) mass is 300 g/mol. The first-order chi connectivity index (χ1) is 8.43. The zero-order valence-electron chi connectivity index (χ0n) is 13.1. The van der Waals surface area contributed by atoms with Crippen LogP contribution in [0.5, 0.6) is 0 Å². The molecular weight excluding hydrogens is 276 g/mol. The predicted molar refractivity (Wildman–Crippen MR) is 80.5 cm³/mol. The number of rotatable bonds is 4. The Balaban J connectivity index is 3.63. The van der Waals surface area contributed by atoms with Crippen molar-refractivity contribution in [3.05, 3.63) is 10.4 Å². The molecule has 0 bridgehead atoms. The lowest BCUT2D eigenvalue weighted by Crippen LogP contribution is -2.49. The van der Waals surface area contributed by atoms with Crippen LogP contribution in [0, 0.1) is 0 Å². The van der Waals surface area contributed by atoms with Crippen LogP contribution in [0.4, 0.5) is 0 Å². The van der Waals surface area contributed by atoms with E-state index in [4.69, 9.17) is 9.47 Å². The molecule has 4 nitrogen and oxygen atoms in total. The minimum Gasteiger partial charge on any atom is -0.341 e. The molecule has 6 heteroatoms. The first-order valence-electron chi connectivity index (χ1n) is 6.38. The molecule has 0 N–H and O–H groups in total. The van der Waals surface area contributed by atoms with E-state index < -0.39 is 21.9 Å². The molecule has 0 radical (unpaired) electrons. The van der Waals surface area contributed by atoms with Gasteiger partial charge in [-0.1, -0.05) is 39.3 Å². The maximum absolute atomic E-state index is 12.7. The van der Waals surface area contributed by atoms with Crippen molar-refractivity contribution < 1.29 is 19.1 Å². The fourth-order valence-corrected chi connectivity index (χ4v) is 8.21. The third kappa shape index (κ3) is 2.42. The number of Topliss-reactive ketones (excluding diaryl/α,β-unsaturated/α-hetero) is 2. The second kappa shape index (κ2) is 4.77. The van der Waals surface area contributed by atoms with Gasteiger partial charge in [0.1, 0.15) is 0 Å². The Morgan fingerprint density at radius 3 is 1.16 bits per heavy atom. The van der Waals surface area contributed by atoms with E-state index in [1.807, 2.05) is 0 Å². The van der Waals surface area contributed by atoms with Gasteiger partial charge in [0, 0.05) is 14.2 Å². The molecule has 0 heterocycles. The standard InChI is InChI=1S/C13H24O4Si2/c1-16-13(17-2)11(14)9(18(3,4)5)10(12(13)15)19(6,7)8/h1-8H3. The molecular formula is C13H24O4Si2. The average Bonchev–Trinajstić information content (AvgIpc) is 2.46. The zero-order chi connectivity index (χ0) is 15.2. The summed E-state index contributed by atoms with van der Waals surface area (Å²) in [6.07, 6.45) is 0. The van der Waals surface area contributed by atoms with Crippen LogP contribution in [-0.4, -0.2) is 47.7 Å². The Bertz CT molecular complexity index is 410. The van der Waals surface area contributed by atoms with E-state index in [9.17, 15) is 9.59 Å². The molecule has 0 aliphatic heterocycles. The molecule has 0 unspecified atom stereocenters. The second-order valence-electron chi connectivity index (χ2n) is 6.93. The number of methoxy groups -OCH3 is 2. The number of carbonyl (C=O) groups is 2. The van der Waals surface area contributed by atoms with E-state index in [2.05, 4.69) is 39.3 Å². The van der Waals surface area contributed by atoms with E-state index in [1.165, 1.54) is 14.2 Å². The summed E-state index contributed by atoms with van der Waals surface area (Å²) in [6.45, 7) is 12.5. The number of hydrogen-bond acceptors (Lipinski definition) is 4. The van der Waals surface area contributed by atoms with Crippen molar-refractivity contribution in [1.82, 2.24) is 0 Å². The number of hydrogen-bond donors (Lipinski definition) is 0. The second-order valence-corrected chi connectivity index (χ2v) is 16.9. The van der Waals surface area contributed by atoms with Gasteiger partial charge >= 0.3 is 0 Å². The summed E-state index contributed by atoms with van der Waals surface area (Å²) in [4.78, 5) is 25.5. The topological polar surface area (TPSA) is 52.6 Å². The summed E-state index contributed by atoms with van der Waals surface area (Å²) in [5, 5.41) is 1.42. The number of ketones is 2. The number of ether oxygens (including phenoxy) is 2. The Morgan fingerprint density at radius 2 is 1.00 bits per heavy atom. The SMILES string of the molecule is COC1(OC)C(=O)C([Si](C)(C)C)=C([Si](C)(C)C)C1=O. The van der Waals surface area contributed by atoms with Crippen molar-refractivity contribution in [2.24, 2.45) is 0 Å². The molecule has 0 spiro atoms. The zero-order valence-corrected chi connectivity index (χ0v) is 15.1. The van der Waals surface area contributed by atoms with Crippen LogP contribution in [0.1, 0.15) is 0 Å². The lowest BCUT2D eigenvalue weighted by molar-refractivity contribution is -0.198. The first kappa shape index (κ1) is 16.5. The highest BCUT2D eigenvalue weighted by Crippen LogP contribution is 2.40. The minimum atomic E-state index is -1.94. The largest absolute Gasteiger partial charge is 0.341 e. The van der Waals surface area contributed by atoms with Gasteiger partial charge in [0.05, 0.1) is 16.1 Å². The van der Waals surface area contributed by atoms with Gasteiger partial charge in [-0.2, -0.15) is 0 Å². The Labute approximate surface area is 117 Å².